The van der Waals surface area contributed by atoms with Gasteiger partial charge in [0.15, 0.2) is 5.69 Å². The summed E-state index contributed by atoms with van der Waals surface area (Å²) in [7, 11) is 0. The molecule has 1 saturated carbocycles. The maximum absolute atomic E-state index is 13.6. The Bertz CT molecular complexity index is 1650. The smallest absolute Gasteiger partial charge is 0.368 e. The lowest BCUT2D eigenvalue weighted by molar-refractivity contribution is -0.141. The van der Waals surface area contributed by atoms with Gasteiger partial charge in [-0.15, -0.1) is 0 Å². The number of nitrogens with one attached hydrogen (secondary N) is 2. The SMILES string of the molecule is CC(=O)Nc1ccc(C(OCC2CC2)c2cccc(NC(=O)c3cc(C(F)(F)F)nn3-c3cccc(C#N)c3)c2)cc1. The lowest BCUT2D eigenvalue weighted by Crippen LogP contribution is -2.17. The molecule has 1 heterocycles. The normalized spacial score (nSPS) is 13.7. The van der Waals surface area contributed by atoms with Crippen LogP contribution >= 0.6 is 0 Å². The van der Waals surface area contributed by atoms with E-state index in [1.807, 2.05) is 24.3 Å². The molecule has 1 aliphatic rings. The van der Waals surface area contributed by atoms with Crippen LogP contribution in [-0.2, 0) is 15.7 Å². The lowest BCUT2D eigenvalue weighted by atomic mass is 10.00. The summed E-state index contributed by atoms with van der Waals surface area (Å²) in [6.07, 6.45) is -3.08. The number of nitriles is 1. The molecule has 3 aromatic carbocycles. The largest absolute Gasteiger partial charge is 0.435 e. The van der Waals surface area contributed by atoms with Crippen LogP contribution in [0.1, 0.15) is 58.7 Å². The van der Waals surface area contributed by atoms with Crippen LogP contribution in [0, 0.1) is 17.2 Å². The van der Waals surface area contributed by atoms with Crippen molar-refractivity contribution in [3.8, 4) is 11.8 Å². The highest BCUT2D eigenvalue weighted by molar-refractivity contribution is 6.03. The number of anilines is 2. The van der Waals surface area contributed by atoms with Gasteiger partial charge < -0.3 is 15.4 Å². The van der Waals surface area contributed by atoms with Crippen LogP contribution in [0.3, 0.4) is 0 Å². The lowest BCUT2D eigenvalue weighted by Gasteiger charge is -2.20. The van der Waals surface area contributed by atoms with Crippen molar-refractivity contribution in [2.75, 3.05) is 17.2 Å². The molecule has 0 aliphatic heterocycles. The summed E-state index contributed by atoms with van der Waals surface area (Å²) in [5, 5.41) is 18.3. The van der Waals surface area contributed by atoms with Gasteiger partial charge in [0, 0.05) is 24.4 Å². The van der Waals surface area contributed by atoms with Crippen molar-refractivity contribution < 1.29 is 27.5 Å². The van der Waals surface area contributed by atoms with Crippen LogP contribution in [0.15, 0.2) is 78.9 Å². The predicted octanol–water partition coefficient (Wildman–Crippen LogP) is 6.49. The second kappa shape index (κ2) is 11.9. The molecule has 2 N–H and O–H groups in total. The Hall–Kier alpha value is -4.95. The fraction of sp³-hybridized carbons (Fsp3) is 0.226. The summed E-state index contributed by atoms with van der Waals surface area (Å²) in [5.41, 5.74) is 1.31. The number of nitrogens with zero attached hydrogens (tertiary/aromatic N) is 3. The number of carbonyl (C=O) groups excluding carboxylic acids is 2. The quantitative estimate of drug-likeness (QED) is 0.238. The second-order valence-electron chi connectivity index (χ2n) is 10.0. The van der Waals surface area contributed by atoms with Gasteiger partial charge in [0.1, 0.15) is 11.8 Å². The Balaban J connectivity index is 1.44. The van der Waals surface area contributed by atoms with Gasteiger partial charge in [-0.2, -0.15) is 23.5 Å². The molecular formula is C31H26F3N5O3. The predicted molar refractivity (Wildman–Crippen MR) is 149 cm³/mol. The minimum atomic E-state index is -4.78. The van der Waals surface area contributed by atoms with Crippen molar-refractivity contribution in [2.45, 2.75) is 32.0 Å². The third-order valence-corrected chi connectivity index (χ3v) is 6.63. The summed E-state index contributed by atoms with van der Waals surface area (Å²) >= 11 is 0. The van der Waals surface area contributed by atoms with Crippen molar-refractivity contribution in [1.29, 1.82) is 5.26 Å². The number of hydrogen-bond acceptors (Lipinski definition) is 5. The van der Waals surface area contributed by atoms with Crippen molar-refractivity contribution in [3.63, 3.8) is 0 Å². The standard InChI is InChI=1S/C31H26F3N5O3/c1-19(40)36-24-12-10-22(11-13-24)29(42-18-20-8-9-20)23-5-3-6-25(15-23)37-30(41)27-16-28(31(32,33)34)38-39(27)26-7-2-4-21(14-26)17-35/h2-7,10-16,20,29H,8-9,18H2,1H3,(H,36,40)(H,37,41). The second-order valence-corrected chi connectivity index (χ2v) is 10.0. The molecule has 0 radical (unpaired) electrons. The van der Waals surface area contributed by atoms with E-state index >= 15 is 0 Å². The maximum Gasteiger partial charge on any atom is 0.435 e. The zero-order valence-corrected chi connectivity index (χ0v) is 22.5. The minimum Gasteiger partial charge on any atom is -0.368 e. The van der Waals surface area contributed by atoms with E-state index < -0.39 is 23.9 Å². The van der Waals surface area contributed by atoms with E-state index in [9.17, 15) is 28.0 Å². The third-order valence-electron chi connectivity index (χ3n) is 6.63. The average molecular weight is 574 g/mol. The number of amides is 2. The Kier molecular flexibility index (Phi) is 8.08. The molecule has 42 heavy (non-hydrogen) atoms. The first-order chi connectivity index (χ1) is 20.1. The number of alkyl halides is 3. The van der Waals surface area contributed by atoms with E-state index in [2.05, 4.69) is 15.7 Å². The molecule has 0 spiro atoms. The highest BCUT2D eigenvalue weighted by atomic mass is 19.4. The molecule has 5 rings (SSSR count). The molecular weight excluding hydrogens is 547 g/mol. The van der Waals surface area contributed by atoms with Crippen LogP contribution < -0.4 is 10.6 Å². The van der Waals surface area contributed by atoms with Gasteiger partial charge in [-0.25, -0.2) is 4.68 Å². The van der Waals surface area contributed by atoms with Crippen molar-refractivity contribution in [2.24, 2.45) is 5.92 Å². The van der Waals surface area contributed by atoms with Crippen LogP contribution in [0.25, 0.3) is 5.69 Å². The van der Waals surface area contributed by atoms with E-state index in [-0.39, 0.29) is 22.9 Å². The summed E-state index contributed by atoms with van der Waals surface area (Å²) in [4.78, 5) is 24.7. The van der Waals surface area contributed by atoms with Crippen LogP contribution in [-0.4, -0.2) is 28.2 Å². The van der Waals surface area contributed by atoms with E-state index in [0.717, 1.165) is 28.7 Å². The fourth-order valence-electron chi connectivity index (χ4n) is 4.41. The molecule has 11 heteroatoms. The molecule has 1 aliphatic carbocycles. The first-order valence-corrected chi connectivity index (χ1v) is 13.2. The van der Waals surface area contributed by atoms with E-state index in [0.29, 0.717) is 30.0 Å². The monoisotopic (exact) mass is 573 g/mol. The minimum absolute atomic E-state index is 0.139. The molecule has 214 valence electrons. The number of ether oxygens (including phenoxy) is 1. The number of halogens is 3. The number of benzene rings is 3. The van der Waals surface area contributed by atoms with E-state index in [1.54, 1.807) is 30.3 Å². The van der Waals surface area contributed by atoms with Gasteiger partial charge in [-0.05, 0) is 72.4 Å². The maximum atomic E-state index is 13.6. The topological polar surface area (TPSA) is 109 Å². The molecule has 1 unspecified atom stereocenters. The third kappa shape index (κ3) is 6.85. The van der Waals surface area contributed by atoms with Gasteiger partial charge in [-0.3, -0.25) is 9.59 Å². The Morgan fingerprint density at radius 1 is 1.00 bits per heavy atom. The van der Waals surface area contributed by atoms with Gasteiger partial charge in [-0.1, -0.05) is 30.3 Å². The number of aromatic nitrogens is 2. The van der Waals surface area contributed by atoms with E-state index in [4.69, 9.17) is 4.74 Å². The Morgan fingerprint density at radius 3 is 2.40 bits per heavy atom. The van der Waals surface area contributed by atoms with Crippen molar-refractivity contribution in [1.82, 2.24) is 9.78 Å². The zero-order valence-electron chi connectivity index (χ0n) is 22.5. The van der Waals surface area contributed by atoms with Crippen molar-refractivity contribution in [3.05, 3.63) is 107 Å². The number of carbonyl (C=O) groups is 2. The molecule has 1 fully saturated rings. The van der Waals surface area contributed by atoms with Gasteiger partial charge in [0.2, 0.25) is 5.91 Å². The zero-order chi connectivity index (χ0) is 29.9. The van der Waals surface area contributed by atoms with Gasteiger partial charge >= 0.3 is 6.18 Å². The first kappa shape index (κ1) is 28.6. The van der Waals surface area contributed by atoms with Gasteiger partial charge in [0.25, 0.3) is 5.91 Å². The highest BCUT2D eigenvalue weighted by Crippen LogP contribution is 2.35. The van der Waals surface area contributed by atoms with Crippen molar-refractivity contribution >= 4 is 23.2 Å². The highest BCUT2D eigenvalue weighted by Gasteiger charge is 2.36. The first-order valence-electron chi connectivity index (χ1n) is 13.2. The molecule has 0 bridgehead atoms. The average Bonchev–Trinajstić information content (AvgIpc) is 3.67. The van der Waals surface area contributed by atoms with Crippen LogP contribution in [0.2, 0.25) is 0 Å². The number of hydrogen-bond donors (Lipinski definition) is 2. The molecule has 1 aromatic heterocycles. The Labute approximate surface area is 239 Å². The van der Waals surface area contributed by atoms with Crippen LogP contribution in [0.4, 0.5) is 24.5 Å². The molecule has 2 amide bonds. The summed E-state index contributed by atoms with van der Waals surface area (Å²) < 4.78 is 47.8. The Morgan fingerprint density at radius 2 is 1.74 bits per heavy atom. The molecule has 4 aromatic rings. The van der Waals surface area contributed by atoms with E-state index in [1.165, 1.54) is 31.2 Å². The van der Waals surface area contributed by atoms with Crippen LogP contribution in [0.5, 0.6) is 0 Å². The summed E-state index contributed by atoms with van der Waals surface area (Å²) in [6.45, 7) is 1.98. The fourth-order valence-corrected chi connectivity index (χ4v) is 4.41. The van der Waals surface area contributed by atoms with Gasteiger partial charge in [0.05, 0.1) is 23.9 Å². The number of rotatable bonds is 9. The molecule has 8 nitrogen and oxygen atoms in total. The summed E-state index contributed by atoms with van der Waals surface area (Å²) in [6, 6.07) is 22.6. The molecule has 0 saturated heterocycles. The molecule has 1 atom stereocenters. The summed E-state index contributed by atoms with van der Waals surface area (Å²) in [5.74, 6) is -0.515.